The van der Waals surface area contributed by atoms with Gasteiger partial charge in [-0.05, 0) is 24.3 Å². The standard InChI is InChI=1S/C13H12ClN5/c1-19(2)13-7-11(17-12(8-15)18-13)16-10-5-3-9(14)4-6-10/h3-7H,1-2H3,(H,16,17,18). The van der Waals surface area contributed by atoms with Gasteiger partial charge in [0.2, 0.25) is 5.82 Å². The van der Waals surface area contributed by atoms with Gasteiger partial charge in [0.1, 0.15) is 17.7 Å². The van der Waals surface area contributed by atoms with Crippen LogP contribution in [0.4, 0.5) is 17.3 Å². The van der Waals surface area contributed by atoms with Crippen molar-refractivity contribution in [3.63, 3.8) is 0 Å². The van der Waals surface area contributed by atoms with Crippen molar-refractivity contribution in [2.75, 3.05) is 24.3 Å². The normalized spacial score (nSPS) is 9.79. The fourth-order valence-corrected chi connectivity index (χ4v) is 1.58. The van der Waals surface area contributed by atoms with Gasteiger partial charge in [-0.3, -0.25) is 0 Å². The number of nitrogens with zero attached hydrogens (tertiary/aromatic N) is 4. The minimum atomic E-state index is 0.127. The zero-order valence-electron chi connectivity index (χ0n) is 10.6. The molecule has 2 rings (SSSR count). The lowest BCUT2D eigenvalue weighted by Crippen LogP contribution is -2.12. The van der Waals surface area contributed by atoms with E-state index in [0.717, 1.165) is 5.69 Å². The van der Waals surface area contributed by atoms with Crippen molar-refractivity contribution in [2.45, 2.75) is 0 Å². The summed E-state index contributed by atoms with van der Waals surface area (Å²) in [6.45, 7) is 0. The predicted octanol–water partition coefficient (Wildman–Crippen LogP) is 2.81. The van der Waals surface area contributed by atoms with Crippen LogP contribution < -0.4 is 10.2 Å². The quantitative estimate of drug-likeness (QED) is 0.931. The molecule has 1 heterocycles. The second-order valence-corrected chi connectivity index (χ2v) is 4.51. The molecule has 0 radical (unpaired) electrons. The van der Waals surface area contributed by atoms with Crippen LogP contribution in [0, 0.1) is 11.3 Å². The zero-order chi connectivity index (χ0) is 13.8. The molecule has 0 saturated heterocycles. The number of aromatic nitrogens is 2. The van der Waals surface area contributed by atoms with E-state index in [1.807, 2.05) is 37.2 Å². The van der Waals surface area contributed by atoms with E-state index in [4.69, 9.17) is 16.9 Å². The first-order valence-electron chi connectivity index (χ1n) is 5.57. The first-order valence-corrected chi connectivity index (χ1v) is 5.95. The lowest BCUT2D eigenvalue weighted by atomic mass is 10.3. The highest BCUT2D eigenvalue weighted by atomic mass is 35.5. The smallest absolute Gasteiger partial charge is 0.236 e. The van der Waals surface area contributed by atoms with Crippen molar-refractivity contribution in [1.82, 2.24) is 9.97 Å². The molecular weight excluding hydrogens is 262 g/mol. The summed E-state index contributed by atoms with van der Waals surface area (Å²) in [4.78, 5) is 10.0. The van der Waals surface area contributed by atoms with Gasteiger partial charge in [0.25, 0.3) is 0 Å². The molecule has 0 atom stereocenters. The molecule has 0 saturated carbocycles. The Kier molecular flexibility index (Phi) is 3.83. The summed E-state index contributed by atoms with van der Waals surface area (Å²) in [5.74, 6) is 1.36. The van der Waals surface area contributed by atoms with Crippen LogP contribution in [0.25, 0.3) is 0 Å². The monoisotopic (exact) mass is 273 g/mol. The van der Waals surface area contributed by atoms with E-state index in [9.17, 15) is 0 Å². The van der Waals surface area contributed by atoms with E-state index in [-0.39, 0.29) is 5.82 Å². The van der Waals surface area contributed by atoms with E-state index in [1.54, 1.807) is 18.2 Å². The molecule has 0 spiro atoms. The van der Waals surface area contributed by atoms with Gasteiger partial charge < -0.3 is 10.2 Å². The van der Waals surface area contributed by atoms with Crippen molar-refractivity contribution in [3.8, 4) is 6.07 Å². The number of hydrogen-bond donors (Lipinski definition) is 1. The average Bonchev–Trinajstić information content (AvgIpc) is 2.41. The summed E-state index contributed by atoms with van der Waals surface area (Å²) >= 11 is 5.83. The molecule has 6 heteroatoms. The molecule has 0 fully saturated rings. The second kappa shape index (κ2) is 5.55. The zero-order valence-corrected chi connectivity index (χ0v) is 11.3. The molecular formula is C13H12ClN5. The number of anilines is 3. The molecule has 1 N–H and O–H groups in total. The van der Waals surface area contributed by atoms with Gasteiger partial charge in [0, 0.05) is 30.9 Å². The predicted molar refractivity (Wildman–Crippen MR) is 75.8 cm³/mol. The topological polar surface area (TPSA) is 64.8 Å². The van der Waals surface area contributed by atoms with Gasteiger partial charge in [0.15, 0.2) is 0 Å². The third-order valence-corrected chi connectivity index (χ3v) is 2.64. The van der Waals surface area contributed by atoms with Crippen molar-refractivity contribution in [1.29, 1.82) is 5.26 Å². The molecule has 0 bridgehead atoms. The maximum Gasteiger partial charge on any atom is 0.236 e. The Morgan fingerprint density at radius 3 is 2.47 bits per heavy atom. The number of halogens is 1. The Bertz CT molecular complexity index is 616. The summed E-state index contributed by atoms with van der Waals surface area (Å²) in [6, 6.07) is 11.0. The summed E-state index contributed by atoms with van der Waals surface area (Å²) in [6.07, 6.45) is 0. The third-order valence-electron chi connectivity index (χ3n) is 2.39. The van der Waals surface area contributed by atoms with Crippen LogP contribution in [0.3, 0.4) is 0 Å². The summed E-state index contributed by atoms with van der Waals surface area (Å²) in [5, 5.41) is 12.7. The molecule has 1 aromatic heterocycles. The van der Waals surface area contributed by atoms with Gasteiger partial charge in [-0.15, -0.1) is 0 Å². The molecule has 2 aromatic rings. The highest BCUT2D eigenvalue weighted by molar-refractivity contribution is 6.30. The lowest BCUT2D eigenvalue weighted by Gasteiger charge is -2.13. The molecule has 0 aliphatic carbocycles. The summed E-state index contributed by atoms with van der Waals surface area (Å²) in [5.41, 5.74) is 0.844. The lowest BCUT2D eigenvalue weighted by molar-refractivity contribution is 1.02. The maximum atomic E-state index is 8.93. The molecule has 96 valence electrons. The van der Waals surface area contributed by atoms with Crippen LogP contribution in [0.2, 0.25) is 5.02 Å². The number of nitrogens with one attached hydrogen (secondary N) is 1. The number of rotatable bonds is 3. The molecule has 0 unspecified atom stereocenters. The molecule has 5 nitrogen and oxygen atoms in total. The SMILES string of the molecule is CN(C)c1cc(Nc2ccc(Cl)cc2)nc(C#N)n1. The van der Waals surface area contributed by atoms with Crippen LogP contribution >= 0.6 is 11.6 Å². The minimum absolute atomic E-state index is 0.127. The van der Waals surface area contributed by atoms with Gasteiger partial charge in [0.05, 0.1) is 0 Å². The van der Waals surface area contributed by atoms with Gasteiger partial charge in [-0.2, -0.15) is 5.26 Å². The van der Waals surface area contributed by atoms with E-state index in [1.165, 1.54) is 0 Å². The Balaban J connectivity index is 2.31. The van der Waals surface area contributed by atoms with Gasteiger partial charge in [-0.25, -0.2) is 9.97 Å². The van der Waals surface area contributed by atoms with E-state index in [2.05, 4.69) is 15.3 Å². The summed E-state index contributed by atoms with van der Waals surface area (Å²) in [7, 11) is 3.71. The third kappa shape index (κ3) is 3.33. The molecule has 1 aromatic carbocycles. The second-order valence-electron chi connectivity index (χ2n) is 4.07. The fourth-order valence-electron chi connectivity index (χ4n) is 1.46. The van der Waals surface area contributed by atoms with E-state index < -0.39 is 0 Å². The van der Waals surface area contributed by atoms with Crippen molar-refractivity contribution >= 4 is 28.9 Å². The Morgan fingerprint density at radius 1 is 1.21 bits per heavy atom. The minimum Gasteiger partial charge on any atom is -0.363 e. The van der Waals surface area contributed by atoms with Crippen LogP contribution in [-0.4, -0.2) is 24.1 Å². The first-order chi connectivity index (χ1) is 9.08. The number of nitriles is 1. The van der Waals surface area contributed by atoms with Crippen LogP contribution in [0.15, 0.2) is 30.3 Å². The average molecular weight is 274 g/mol. The highest BCUT2D eigenvalue weighted by Gasteiger charge is 2.06. The molecule has 0 aliphatic rings. The van der Waals surface area contributed by atoms with Crippen LogP contribution in [0.5, 0.6) is 0 Å². The fraction of sp³-hybridized carbons (Fsp3) is 0.154. The van der Waals surface area contributed by atoms with E-state index in [0.29, 0.717) is 16.7 Å². The van der Waals surface area contributed by atoms with Crippen molar-refractivity contribution in [3.05, 3.63) is 41.2 Å². The Labute approximate surface area is 116 Å². The number of hydrogen-bond acceptors (Lipinski definition) is 5. The van der Waals surface area contributed by atoms with E-state index >= 15 is 0 Å². The number of benzene rings is 1. The largest absolute Gasteiger partial charge is 0.363 e. The molecule has 0 amide bonds. The molecule has 19 heavy (non-hydrogen) atoms. The maximum absolute atomic E-state index is 8.93. The Hall–Kier alpha value is -2.32. The Morgan fingerprint density at radius 2 is 1.89 bits per heavy atom. The van der Waals surface area contributed by atoms with Crippen LogP contribution in [-0.2, 0) is 0 Å². The first kappa shape index (κ1) is 13.1. The van der Waals surface area contributed by atoms with Crippen molar-refractivity contribution < 1.29 is 0 Å². The highest BCUT2D eigenvalue weighted by Crippen LogP contribution is 2.20. The van der Waals surface area contributed by atoms with Gasteiger partial charge >= 0.3 is 0 Å². The summed E-state index contributed by atoms with van der Waals surface area (Å²) < 4.78 is 0. The van der Waals surface area contributed by atoms with Gasteiger partial charge in [-0.1, -0.05) is 11.6 Å². The molecule has 0 aliphatic heterocycles. The van der Waals surface area contributed by atoms with Crippen molar-refractivity contribution in [2.24, 2.45) is 0 Å². The van der Waals surface area contributed by atoms with Crippen LogP contribution in [0.1, 0.15) is 5.82 Å².